The van der Waals surface area contributed by atoms with E-state index in [1.54, 1.807) is 32.1 Å². The van der Waals surface area contributed by atoms with Crippen molar-refractivity contribution in [1.82, 2.24) is 13.9 Å². The van der Waals surface area contributed by atoms with Crippen molar-refractivity contribution in [3.8, 4) is 0 Å². The van der Waals surface area contributed by atoms with E-state index >= 15 is 0 Å². The van der Waals surface area contributed by atoms with Gasteiger partial charge in [0.1, 0.15) is 0 Å². The van der Waals surface area contributed by atoms with Crippen LogP contribution in [-0.4, -0.2) is 47.9 Å². The normalized spacial score (nSPS) is 12.2. The lowest BCUT2D eigenvalue weighted by molar-refractivity contribution is 0.520. The molecule has 0 saturated heterocycles. The van der Waals surface area contributed by atoms with E-state index in [1.807, 2.05) is 17.8 Å². The van der Waals surface area contributed by atoms with Gasteiger partial charge < -0.3 is 4.57 Å². The smallest absolute Gasteiger partial charge is 0.213 e. The zero-order valence-electron chi connectivity index (χ0n) is 9.75. The molecule has 0 amide bonds. The van der Waals surface area contributed by atoms with Crippen molar-refractivity contribution in [2.45, 2.75) is 11.6 Å². The Labute approximate surface area is 101 Å². The fraction of sp³-hybridized carbons (Fsp3) is 0.667. The molecule has 5 nitrogen and oxygen atoms in total. The number of rotatable bonds is 6. The fourth-order valence-corrected chi connectivity index (χ4v) is 3.01. The lowest BCUT2D eigenvalue weighted by Crippen LogP contribution is -2.25. The standard InChI is InChI=1S/C9H17N3O2S2/c1-11(2)16(13,14)8-4-7-15-9-10-5-6-12(9)3/h5-6H,4,7-8H2,1-3H3. The molecule has 0 unspecified atom stereocenters. The van der Waals surface area contributed by atoms with Crippen LogP contribution in [-0.2, 0) is 17.1 Å². The number of aryl methyl sites for hydroxylation is 1. The molecule has 0 spiro atoms. The first-order valence-electron chi connectivity index (χ1n) is 4.94. The largest absolute Gasteiger partial charge is 0.329 e. The molecule has 0 radical (unpaired) electrons. The molecule has 0 N–H and O–H groups in total. The molecule has 0 saturated carbocycles. The van der Waals surface area contributed by atoms with Gasteiger partial charge in [-0.1, -0.05) is 11.8 Å². The monoisotopic (exact) mass is 263 g/mol. The number of sulfonamides is 1. The summed E-state index contributed by atoms with van der Waals surface area (Å²) in [5.41, 5.74) is 0. The third-order valence-corrected chi connectivity index (χ3v) is 5.17. The van der Waals surface area contributed by atoms with E-state index in [4.69, 9.17) is 0 Å². The average Bonchev–Trinajstić information content (AvgIpc) is 2.59. The number of nitrogens with zero attached hydrogens (tertiary/aromatic N) is 3. The summed E-state index contributed by atoms with van der Waals surface area (Å²) in [6.07, 6.45) is 4.25. The van der Waals surface area contributed by atoms with Gasteiger partial charge in [0.25, 0.3) is 0 Å². The third-order valence-electron chi connectivity index (χ3n) is 2.11. The summed E-state index contributed by atoms with van der Waals surface area (Å²) < 4.78 is 26.1. The fourth-order valence-electron chi connectivity index (χ4n) is 1.08. The van der Waals surface area contributed by atoms with E-state index in [0.717, 1.165) is 10.9 Å². The second-order valence-electron chi connectivity index (χ2n) is 3.62. The summed E-state index contributed by atoms with van der Waals surface area (Å²) in [6.45, 7) is 0. The van der Waals surface area contributed by atoms with Crippen LogP contribution in [0.15, 0.2) is 17.6 Å². The summed E-state index contributed by atoms with van der Waals surface area (Å²) in [5, 5.41) is 0.919. The zero-order valence-corrected chi connectivity index (χ0v) is 11.4. The van der Waals surface area contributed by atoms with Gasteiger partial charge in [-0.15, -0.1) is 0 Å². The van der Waals surface area contributed by atoms with Crippen molar-refractivity contribution in [2.75, 3.05) is 25.6 Å². The highest BCUT2D eigenvalue weighted by molar-refractivity contribution is 7.99. The summed E-state index contributed by atoms with van der Waals surface area (Å²) in [4.78, 5) is 4.15. The molecule has 0 aliphatic rings. The predicted molar refractivity (Wildman–Crippen MR) is 66.0 cm³/mol. The number of aromatic nitrogens is 2. The second kappa shape index (κ2) is 5.70. The Hall–Kier alpha value is -0.530. The Balaban J connectivity index is 2.30. The zero-order chi connectivity index (χ0) is 12.2. The molecule has 1 aromatic heterocycles. The van der Waals surface area contributed by atoms with Crippen LogP contribution in [0.4, 0.5) is 0 Å². The highest BCUT2D eigenvalue weighted by Crippen LogP contribution is 2.15. The van der Waals surface area contributed by atoms with Crippen LogP contribution in [0.3, 0.4) is 0 Å². The second-order valence-corrected chi connectivity index (χ2v) is 6.99. The maximum absolute atomic E-state index is 11.5. The molecule has 1 rings (SSSR count). The first kappa shape index (κ1) is 13.5. The molecular weight excluding hydrogens is 246 g/mol. The Morgan fingerprint density at radius 1 is 1.50 bits per heavy atom. The molecular formula is C9H17N3O2S2. The third kappa shape index (κ3) is 3.80. The van der Waals surface area contributed by atoms with Crippen LogP contribution in [0.1, 0.15) is 6.42 Å². The van der Waals surface area contributed by atoms with Crippen LogP contribution in [0.5, 0.6) is 0 Å². The van der Waals surface area contributed by atoms with Crippen molar-refractivity contribution in [3.63, 3.8) is 0 Å². The molecule has 0 bridgehead atoms. The summed E-state index contributed by atoms with van der Waals surface area (Å²) in [7, 11) is 1.98. The maximum atomic E-state index is 11.5. The van der Waals surface area contributed by atoms with E-state index in [1.165, 1.54) is 4.31 Å². The topological polar surface area (TPSA) is 55.2 Å². The van der Waals surface area contributed by atoms with Gasteiger partial charge in [-0.3, -0.25) is 0 Å². The number of thioether (sulfide) groups is 1. The lowest BCUT2D eigenvalue weighted by Gasteiger charge is -2.10. The van der Waals surface area contributed by atoms with Gasteiger partial charge in [0.05, 0.1) is 5.75 Å². The van der Waals surface area contributed by atoms with Crippen LogP contribution in [0.25, 0.3) is 0 Å². The Morgan fingerprint density at radius 3 is 2.69 bits per heavy atom. The van der Waals surface area contributed by atoms with E-state index in [0.29, 0.717) is 6.42 Å². The van der Waals surface area contributed by atoms with E-state index in [2.05, 4.69) is 4.98 Å². The molecule has 0 aliphatic carbocycles. The minimum atomic E-state index is -3.06. The molecule has 92 valence electrons. The molecule has 0 fully saturated rings. The molecule has 0 aromatic carbocycles. The van der Waals surface area contributed by atoms with Crippen molar-refractivity contribution in [3.05, 3.63) is 12.4 Å². The van der Waals surface area contributed by atoms with Crippen LogP contribution >= 0.6 is 11.8 Å². The first-order chi connectivity index (χ1) is 7.43. The number of imidazole rings is 1. The van der Waals surface area contributed by atoms with Crippen molar-refractivity contribution < 1.29 is 8.42 Å². The van der Waals surface area contributed by atoms with Crippen LogP contribution < -0.4 is 0 Å². The highest BCUT2D eigenvalue weighted by atomic mass is 32.2. The average molecular weight is 263 g/mol. The summed E-state index contributed by atoms with van der Waals surface area (Å²) in [6, 6.07) is 0. The molecule has 0 aliphatic heterocycles. The predicted octanol–water partition coefficient (Wildman–Crippen LogP) is 0.794. The number of hydrogen-bond donors (Lipinski definition) is 0. The van der Waals surface area contributed by atoms with Crippen LogP contribution in [0, 0.1) is 0 Å². The van der Waals surface area contributed by atoms with Gasteiger partial charge in [-0.05, 0) is 6.42 Å². The van der Waals surface area contributed by atoms with Gasteiger partial charge >= 0.3 is 0 Å². The first-order valence-corrected chi connectivity index (χ1v) is 7.53. The molecule has 0 atom stereocenters. The van der Waals surface area contributed by atoms with Crippen molar-refractivity contribution >= 4 is 21.8 Å². The van der Waals surface area contributed by atoms with Gasteiger partial charge in [-0.25, -0.2) is 17.7 Å². The Kier molecular flexibility index (Phi) is 4.82. The van der Waals surface area contributed by atoms with E-state index in [9.17, 15) is 8.42 Å². The van der Waals surface area contributed by atoms with Gasteiger partial charge in [0.2, 0.25) is 10.0 Å². The van der Waals surface area contributed by atoms with E-state index < -0.39 is 10.0 Å². The van der Waals surface area contributed by atoms with E-state index in [-0.39, 0.29) is 5.75 Å². The molecule has 7 heteroatoms. The summed E-state index contributed by atoms with van der Waals surface area (Å²) >= 11 is 1.58. The summed E-state index contributed by atoms with van der Waals surface area (Å²) in [5.74, 6) is 0.954. The van der Waals surface area contributed by atoms with Gasteiger partial charge in [0, 0.05) is 39.3 Å². The SMILES string of the molecule is CN(C)S(=O)(=O)CCCSc1nccn1C. The minimum Gasteiger partial charge on any atom is -0.329 e. The minimum absolute atomic E-state index is 0.192. The van der Waals surface area contributed by atoms with Crippen molar-refractivity contribution in [1.29, 1.82) is 0 Å². The molecule has 1 heterocycles. The van der Waals surface area contributed by atoms with Gasteiger partial charge in [-0.2, -0.15) is 0 Å². The molecule has 16 heavy (non-hydrogen) atoms. The Bertz CT molecular complexity index is 426. The number of hydrogen-bond acceptors (Lipinski definition) is 4. The van der Waals surface area contributed by atoms with Gasteiger partial charge in [0.15, 0.2) is 5.16 Å². The molecule has 1 aromatic rings. The lowest BCUT2D eigenvalue weighted by atomic mass is 10.6. The highest BCUT2D eigenvalue weighted by Gasteiger charge is 2.12. The van der Waals surface area contributed by atoms with Crippen molar-refractivity contribution in [2.24, 2.45) is 7.05 Å². The van der Waals surface area contributed by atoms with Crippen LogP contribution in [0.2, 0.25) is 0 Å². The quantitative estimate of drug-likeness (QED) is 0.562. The Morgan fingerprint density at radius 2 is 2.19 bits per heavy atom. The maximum Gasteiger partial charge on any atom is 0.213 e.